The third-order valence-electron chi connectivity index (χ3n) is 3.96. The minimum Gasteiger partial charge on any atom is -0.347 e. The zero-order valence-electron chi connectivity index (χ0n) is 13.5. The van der Waals surface area contributed by atoms with Gasteiger partial charge in [0.15, 0.2) is 5.69 Å². The molecule has 1 atom stereocenters. The molecule has 0 saturated carbocycles. The number of hydrogen-bond acceptors (Lipinski definition) is 4. The summed E-state index contributed by atoms with van der Waals surface area (Å²) in [7, 11) is 0. The summed E-state index contributed by atoms with van der Waals surface area (Å²) in [6.07, 6.45) is 1.93. The summed E-state index contributed by atoms with van der Waals surface area (Å²) in [5.74, 6) is -0.409. The van der Waals surface area contributed by atoms with E-state index in [-0.39, 0.29) is 29.6 Å². The van der Waals surface area contributed by atoms with Gasteiger partial charge in [-0.3, -0.25) is 9.59 Å². The molecule has 1 aliphatic rings. The van der Waals surface area contributed by atoms with Crippen molar-refractivity contribution in [1.29, 1.82) is 0 Å². The summed E-state index contributed by atoms with van der Waals surface area (Å²) in [5.41, 5.74) is 1.09. The number of carbonyl (C=O) groups excluding carboxylic acids is 1. The zero-order chi connectivity index (χ0) is 16.2. The number of amides is 1. The Morgan fingerprint density at radius 1 is 1.33 bits per heavy atom. The van der Waals surface area contributed by atoms with E-state index in [1.165, 1.54) is 6.07 Å². The number of aromatic nitrogens is 2. The SMILES string of the molecule is Cc1cc(=O)c(C(=O)N[C@H]2CCCNC2)nn1-c1ccccc1.Cl. The molecular weight excluding hydrogens is 328 g/mol. The molecule has 1 saturated heterocycles. The molecule has 0 spiro atoms. The largest absolute Gasteiger partial charge is 0.347 e. The predicted molar refractivity (Wildman–Crippen MR) is 95.2 cm³/mol. The number of piperidine rings is 1. The standard InChI is InChI=1S/C17H20N4O2.ClH/c1-12-10-15(22)16(17(23)19-13-6-5-9-18-11-13)20-21(12)14-7-3-2-4-8-14;/h2-4,7-8,10,13,18H,5-6,9,11H2,1H3,(H,19,23);1H/t13-;/m0./s1. The lowest BCUT2D eigenvalue weighted by Gasteiger charge is -2.23. The van der Waals surface area contributed by atoms with Crippen LogP contribution in [0.1, 0.15) is 29.0 Å². The maximum Gasteiger partial charge on any atom is 0.276 e. The molecular formula is C17H21ClN4O2. The van der Waals surface area contributed by atoms with Crippen LogP contribution in [0.15, 0.2) is 41.2 Å². The van der Waals surface area contributed by atoms with Crippen LogP contribution in [0.3, 0.4) is 0 Å². The van der Waals surface area contributed by atoms with E-state index in [0.29, 0.717) is 5.69 Å². The lowest BCUT2D eigenvalue weighted by Crippen LogP contribution is -2.47. The Labute approximate surface area is 146 Å². The average molecular weight is 349 g/mol. The maximum absolute atomic E-state index is 12.4. The first-order chi connectivity index (χ1) is 11.1. The second-order valence-electron chi connectivity index (χ2n) is 5.76. The highest BCUT2D eigenvalue weighted by atomic mass is 35.5. The van der Waals surface area contributed by atoms with Gasteiger partial charge in [0.1, 0.15) is 0 Å². The average Bonchev–Trinajstić information content (AvgIpc) is 2.56. The van der Waals surface area contributed by atoms with Gasteiger partial charge in [-0.1, -0.05) is 18.2 Å². The molecule has 0 radical (unpaired) electrons. The van der Waals surface area contributed by atoms with Gasteiger partial charge in [0.25, 0.3) is 5.91 Å². The van der Waals surface area contributed by atoms with E-state index in [4.69, 9.17) is 0 Å². The minimum absolute atomic E-state index is 0. The van der Waals surface area contributed by atoms with E-state index < -0.39 is 5.91 Å². The van der Waals surface area contributed by atoms with Crippen molar-refractivity contribution < 1.29 is 4.79 Å². The van der Waals surface area contributed by atoms with Crippen molar-refractivity contribution in [2.45, 2.75) is 25.8 Å². The van der Waals surface area contributed by atoms with Crippen LogP contribution in [0.2, 0.25) is 0 Å². The fourth-order valence-corrected chi connectivity index (χ4v) is 2.76. The number of rotatable bonds is 3. The number of halogens is 1. The van der Waals surface area contributed by atoms with Crippen LogP contribution in [0.5, 0.6) is 0 Å². The lowest BCUT2D eigenvalue weighted by molar-refractivity contribution is 0.0922. The van der Waals surface area contributed by atoms with Gasteiger partial charge in [0, 0.05) is 24.3 Å². The van der Waals surface area contributed by atoms with Gasteiger partial charge in [-0.15, -0.1) is 12.4 Å². The molecule has 1 amide bonds. The molecule has 1 aliphatic heterocycles. The number of benzene rings is 1. The van der Waals surface area contributed by atoms with Crippen molar-refractivity contribution in [2.75, 3.05) is 13.1 Å². The summed E-state index contributed by atoms with van der Waals surface area (Å²) in [6, 6.07) is 11.0. The third kappa shape index (κ3) is 4.01. The molecule has 0 bridgehead atoms. The Kier molecular flexibility index (Phi) is 6.11. The van der Waals surface area contributed by atoms with Crippen LogP contribution in [-0.4, -0.2) is 34.8 Å². The lowest BCUT2D eigenvalue weighted by atomic mass is 10.1. The topological polar surface area (TPSA) is 76.0 Å². The molecule has 0 unspecified atom stereocenters. The first kappa shape index (κ1) is 18.2. The van der Waals surface area contributed by atoms with Crippen LogP contribution in [0, 0.1) is 6.92 Å². The molecule has 24 heavy (non-hydrogen) atoms. The zero-order valence-corrected chi connectivity index (χ0v) is 14.3. The van der Waals surface area contributed by atoms with Gasteiger partial charge in [-0.05, 0) is 38.4 Å². The van der Waals surface area contributed by atoms with Gasteiger partial charge < -0.3 is 10.6 Å². The molecule has 2 N–H and O–H groups in total. The number of aryl methyl sites for hydroxylation is 1. The fraction of sp³-hybridized carbons (Fsp3) is 0.353. The summed E-state index contributed by atoms with van der Waals surface area (Å²) in [5, 5.41) is 10.4. The highest BCUT2D eigenvalue weighted by Gasteiger charge is 2.20. The fourth-order valence-electron chi connectivity index (χ4n) is 2.76. The van der Waals surface area contributed by atoms with Gasteiger partial charge in [0.2, 0.25) is 5.43 Å². The van der Waals surface area contributed by atoms with Crippen LogP contribution >= 0.6 is 12.4 Å². The third-order valence-corrected chi connectivity index (χ3v) is 3.96. The van der Waals surface area contributed by atoms with Crippen molar-refractivity contribution in [3.8, 4) is 5.69 Å². The Hall–Kier alpha value is -2.18. The molecule has 2 heterocycles. The molecule has 1 fully saturated rings. The number of carbonyl (C=O) groups is 1. The van der Waals surface area contributed by atoms with E-state index in [2.05, 4.69) is 15.7 Å². The monoisotopic (exact) mass is 348 g/mol. The van der Waals surface area contributed by atoms with E-state index in [1.807, 2.05) is 30.3 Å². The first-order valence-corrected chi connectivity index (χ1v) is 7.83. The molecule has 7 heteroatoms. The molecule has 3 rings (SSSR count). The summed E-state index contributed by atoms with van der Waals surface area (Å²) >= 11 is 0. The van der Waals surface area contributed by atoms with Crippen LogP contribution in [-0.2, 0) is 0 Å². The van der Waals surface area contributed by atoms with Crippen molar-refractivity contribution in [3.05, 3.63) is 58.0 Å². The van der Waals surface area contributed by atoms with Crippen LogP contribution in [0.25, 0.3) is 5.69 Å². The Morgan fingerprint density at radius 2 is 2.08 bits per heavy atom. The Bertz CT molecular complexity index is 755. The summed E-state index contributed by atoms with van der Waals surface area (Å²) in [6.45, 7) is 3.49. The van der Waals surface area contributed by atoms with Crippen molar-refractivity contribution in [2.24, 2.45) is 0 Å². The van der Waals surface area contributed by atoms with Gasteiger partial charge in [-0.2, -0.15) is 5.10 Å². The highest BCUT2D eigenvalue weighted by molar-refractivity contribution is 5.92. The van der Waals surface area contributed by atoms with Crippen molar-refractivity contribution in [1.82, 2.24) is 20.4 Å². The predicted octanol–water partition coefficient (Wildman–Crippen LogP) is 1.44. The minimum atomic E-state index is -0.409. The number of para-hydroxylation sites is 1. The van der Waals surface area contributed by atoms with Crippen LogP contribution in [0.4, 0.5) is 0 Å². The van der Waals surface area contributed by atoms with Crippen molar-refractivity contribution in [3.63, 3.8) is 0 Å². The molecule has 1 aromatic carbocycles. The van der Waals surface area contributed by atoms with Gasteiger partial charge in [-0.25, -0.2) is 4.68 Å². The van der Waals surface area contributed by atoms with Gasteiger partial charge in [0.05, 0.1) is 5.69 Å². The van der Waals surface area contributed by atoms with E-state index >= 15 is 0 Å². The Balaban J connectivity index is 0.00000208. The summed E-state index contributed by atoms with van der Waals surface area (Å²) < 4.78 is 1.62. The molecule has 2 aromatic rings. The second kappa shape index (κ2) is 8.08. The van der Waals surface area contributed by atoms with E-state index in [0.717, 1.165) is 31.6 Å². The maximum atomic E-state index is 12.4. The smallest absolute Gasteiger partial charge is 0.276 e. The second-order valence-corrected chi connectivity index (χ2v) is 5.76. The quantitative estimate of drug-likeness (QED) is 0.880. The molecule has 128 valence electrons. The van der Waals surface area contributed by atoms with E-state index in [1.54, 1.807) is 11.6 Å². The highest BCUT2D eigenvalue weighted by Crippen LogP contribution is 2.08. The Morgan fingerprint density at radius 3 is 2.75 bits per heavy atom. The molecule has 0 aliphatic carbocycles. The van der Waals surface area contributed by atoms with Gasteiger partial charge >= 0.3 is 0 Å². The number of nitrogens with one attached hydrogen (secondary N) is 2. The summed E-state index contributed by atoms with van der Waals surface area (Å²) in [4.78, 5) is 24.6. The molecule has 1 aromatic heterocycles. The normalized spacial score (nSPS) is 17.0. The van der Waals surface area contributed by atoms with Crippen molar-refractivity contribution >= 4 is 18.3 Å². The van der Waals surface area contributed by atoms with E-state index in [9.17, 15) is 9.59 Å². The number of nitrogens with zero attached hydrogens (tertiary/aromatic N) is 2. The van der Waals surface area contributed by atoms with Crippen LogP contribution < -0.4 is 16.1 Å². The number of hydrogen-bond donors (Lipinski definition) is 2. The molecule has 6 nitrogen and oxygen atoms in total. The first-order valence-electron chi connectivity index (χ1n) is 7.83.